The second kappa shape index (κ2) is 8.16. The number of benzene rings is 2. The lowest BCUT2D eigenvalue weighted by molar-refractivity contribution is -0.130. The van der Waals surface area contributed by atoms with Gasteiger partial charge in [-0.3, -0.25) is 9.69 Å². The number of rotatable bonds is 5. The van der Waals surface area contributed by atoms with Crippen LogP contribution in [0.2, 0.25) is 0 Å². The Morgan fingerprint density at radius 1 is 1.10 bits per heavy atom. The molecule has 0 bridgehead atoms. The molecule has 0 radical (unpaired) electrons. The summed E-state index contributed by atoms with van der Waals surface area (Å²) in [5.41, 5.74) is 2.78. The zero-order chi connectivity index (χ0) is 21.1. The molecule has 0 aliphatic carbocycles. The molecule has 9 heteroatoms. The third-order valence-corrected chi connectivity index (χ3v) is 4.65. The highest BCUT2D eigenvalue weighted by molar-refractivity contribution is 5.98. The van der Waals surface area contributed by atoms with E-state index in [1.165, 1.54) is 0 Å². The van der Waals surface area contributed by atoms with Gasteiger partial charge in [-0.05, 0) is 42.8 Å². The molecule has 2 aromatic carbocycles. The van der Waals surface area contributed by atoms with Crippen molar-refractivity contribution in [3.05, 3.63) is 59.7 Å². The fourth-order valence-electron chi connectivity index (χ4n) is 3.01. The standard InChI is InChI=1S/C21H18N4O5/c1-13-4-2-3-5-16(13)19-24-23-18(30-19)14-6-8-15(9-7-14)20(27)29-12-17(26)25-11-10-22-21(25)28/h2-9H,10-12H2,1H3,(H,22,28). The maximum Gasteiger partial charge on any atom is 0.338 e. The van der Waals surface area contributed by atoms with Gasteiger partial charge in [0.05, 0.1) is 5.56 Å². The second-order valence-electron chi connectivity index (χ2n) is 6.66. The summed E-state index contributed by atoms with van der Waals surface area (Å²) >= 11 is 0. The first-order valence-corrected chi connectivity index (χ1v) is 9.28. The number of imide groups is 1. The van der Waals surface area contributed by atoms with Crippen LogP contribution in [-0.2, 0) is 9.53 Å². The van der Waals surface area contributed by atoms with Crippen molar-refractivity contribution in [2.75, 3.05) is 19.7 Å². The van der Waals surface area contributed by atoms with Gasteiger partial charge in [-0.25, -0.2) is 9.59 Å². The minimum atomic E-state index is -0.666. The Morgan fingerprint density at radius 3 is 2.53 bits per heavy atom. The largest absolute Gasteiger partial charge is 0.452 e. The average molecular weight is 406 g/mol. The molecule has 30 heavy (non-hydrogen) atoms. The first-order valence-electron chi connectivity index (χ1n) is 9.28. The molecule has 3 amide bonds. The summed E-state index contributed by atoms with van der Waals surface area (Å²) in [6.45, 7) is 2.11. The lowest BCUT2D eigenvalue weighted by Gasteiger charge is -2.12. The lowest BCUT2D eigenvalue weighted by Crippen LogP contribution is -2.37. The number of ether oxygens (including phenoxy) is 1. The average Bonchev–Trinajstić information content (AvgIpc) is 3.41. The van der Waals surface area contributed by atoms with Crippen molar-refractivity contribution < 1.29 is 23.5 Å². The highest BCUT2D eigenvalue weighted by atomic mass is 16.5. The number of aromatic nitrogens is 2. The van der Waals surface area contributed by atoms with Crippen molar-refractivity contribution >= 4 is 17.9 Å². The van der Waals surface area contributed by atoms with E-state index in [0.29, 0.717) is 23.9 Å². The van der Waals surface area contributed by atoms with Crippen molar-refractivity contribution in [1.29, 1.82) is 0 Å². The van der Waals surface area contributed by atoms with E-state index in [1.54, 1.807) is 24.3 Å². The highest BCUT2D eigenvalue weighted by Gasteiger charge is 2.26. The SMILES string of the molecule is Cc1ccccc1-c1nnc(-c2ccc(C(=O)OCC(=O)N3CCNC3=O)cc2)o1. The van der Waals surface area contributed by atoms with Gasteiger partial charge in [-0.2, -0.15) is 0 Å². The summed E-state index contributed by atoms with van der Waals surface area (Å²) < 4.78 is 10.8. The van der Waals surface area contributed by atoms with Crippen molar-refractivity contribution in [2.24, 2.45) is 0 Å². The molecule has 0 saturated carbocycles. The maximum atomic E-state index is 12.2. The number of nitrogens with one attached hydrogen (secondary N) is 1. The maximum absolute atomic E-state index is 12.2. The number of urea groups is 1. The van der Waals surface area contributed by atoms with E-state index in [0.717, 1.165) is 16.0 Å². The summed E-state index contributed by atoms with van der Waals surface area (Å²) in [5.74, 6) is -0.496. The number of aryl methyl sites for hydroxylation is 1. The number of esters is 1. The minimum absolute atomic E-state index is 0.260. The van der Waals surface area contributed by atoms with Gasteiger partial charge in [0, 0.05) is 24.2 Å². The third kappa shape index (κ3) is 3.90. The molecule has 4 rings (SSSR count). The quantitative estimate of drug-likeness (QED) is 0.647. The van der Waals surface area contributed by atoms with Crippen LogP contribution in [0.15, 0.2) is 52.9 Å². The van der Waals surface area contributed by atoms with E-state index in [1.807, 2.05) is 31.2 Å². The molecular formula is C21H18N4O5. The molecule has 1 N–H and O–H groups in total. The molecule has 3 aromatic rings. The van der Waals surface area contributed by atoms with Crippen LogP contribution in [0.4, 0.5) is 4.79 Å². The van der Waals surface area contributed by atoms with Crippen LogP contribution in [0, 0.1) is 6.92 Å². The van der Waals surface area contributed by atoms with Crippen LogP contribution in [0.5, 0.6) is 0 Å². The first kappa shape index (κ1) is 19.3. The lowest BCUT2D eigenvalue weighted by atomic mass is 10.1. The Balaban J connectivity index is 1.40. The van der Waals surface area contributed by atoms with Crippen LogP contribution >= 0.6 is 0 Å². The van der Waals surface area contributed by atoms with Crippen molar-refractivity contribution in [3.63, 3.8) is 0 Å². The van der Waals surface area contributed by atoms with Gasteiger partial charge >= 0.3 is 12.0 Å². The Kier molecular flexibility index (Phi) is 5.25. The van der Waals surface area contributed by atoms with E-state index < -0.39 is 24.5 Å². The van der Waals surface area contributed by atoms with Crippen molar-refractivity contribution in [1.82, 2.24) is 20.4 Å². The van der Waals surface area contributed by atoms with Gasteiger partial charge in [0.15, 0.2) is 6.61 Å². The number of carbonyl (C=O) groups excluding carboxylic acids is 3. The zero-order valence-electron chi connectivity index (χ0n) is 16.1. The molecule has 9 nitrogen and oxygen atoms in total. The number of carbonyl (C=O) groups is 3. The Morgan fingerprint density at radius 2 is 1.83 bits per heavy atom. The normalized spacial score (nSPS) is 13.2. The Bertz CT molecular complexity index is 1110. The number of amides is 3. The van der Waals surface area contributed by atoms with Crippen LogP contribution in [0.1, 0.15) is 15.9 Å². The fraction of sp³-hybridized carbons (Fsp3) is 0.190. The monoisotopic (exact) mass is 406 g/mol. The number of hydrogen-bond donors (Lipinski definition) is 1. The summed E-state index contributed by atoms with van der Waals surface area (Å²) in [5, 5.41) is 10.7. The van der Waals surface area contributed by atoms with E-state index in [2.05, 4.69) is 15.5 Å². The van der Waals surface area contributed by atoms with Gasteiger partial charge in [-0.1, -0.05) is 18.2 Å². The molecule has 1 aliphatic rings. The molecule has 2 heterocycles. The second-order valence-corrected chi connectivity index (χ2v) is 6.66. The number of nitrogens with zero attached hydrogens (tertiary/aromatic N) is 3. The van der Waals surface area contributed by atoms with Crippen LogP contribution in [-0.4, -0.2) is 52.7 Å². The fourth-order valence-corrected chi connectivity index (χ4v) is 3.01. The molecule has 0 atom stereocenters. The van der Waals surface area contributed by atoms with Gasteiger partial charge in [0.1, 0.15) is 0 Å². The molecule has 1 saturated heterocycles. The molecule has 0 unspecified atom stereocenters. The summed E-state index contributed by atoms with van der Waals surface area (Å²) in [7, 11) is 0. The van der Waals surface area contributed by atoms with E-state index >= 15 is 0 Å². The zero-order valence-corrected chi connectivity index (χ0v) is 16.1. The third-order valence-electron chi connectivity index (χ3n) is 4.65. The predicted molar refractivity (Wildman–Crippen MR) is 105 cm³/mol. The Hall–Kier alpha value is -4.01. The van der Waals surface area contributed by atoms with Crippen molar-refractivity contribution in [2.45, 2.75) is 6.92 Å². The summed E-state index contributed by atoms with van der Waals surface area (Å²) in [6.07, 6.45) is 0. The van der Waals surface area contributed by atoms with E-state index in [4.69, 9.17) is 9.15 Å². The number of hydrogen-bond acceptors (Lipinski definition) is 7. The van der Waals surface area contributed by atoms with Crippen LogP contribution in [0.25, 0.3) is 22.9 Å². The smallest absolute Gasteiger partial charge is 0.338 e. The van der Waals surface area contributed by atoms with Crippen LogP contribution < -0.4 is 5.32 Å². The highest BCUT2D eigenvalue weighted by Crippen LogP contribution is 2.26. The summed E-state index contributed by atoms with van der Waals surface area (Å²) in [6, 6.07) is 13.6. The van der Waals surface area contributed by atoms with Gasteiger partial charge in [0.2, 0.25) is 11.8 Å². The minimum Gasteiger partial charge on any atom is -0.452 e. The molecular weight excluding hydrogens is 388 g/mol. The topological polar surface area (TPSA) is 115 Å². The van der Waals surface area contributed by atoms with Crippen molar-refractivity contribution in [3.8, 4) is 22.9 Å². The predicted octanol–water partition coefficient (Wildman–Crippen LogP) is 2.42. The van der Waals surface area contributed by atoms with Crippen LogP contribution in [0.3, 0.4) is 0 Å². The van der Waals surface area contributed by atoms with Gasteiger partial charge < -0.3 is 14.5 Å². The molecule has 152 valence electrons. The molecule has 1 aromatic heterocycles. The molecule has 0 spiro atoms. The van der Waals surface area contributed by atoms with Gasteiger partial charge in [-0.15, -0.1) is 10.2 Å². The molecule has 1 fully saturated rings. The van der Waals surface area contributed by atoms with Gasteiger partial charge in [0.25, 0.3) is 5.91 Å². The van der Waals surface area contributed by atoms with E-state index in [-0.39, 0.29) is 12.1 Å². The summed E-state index contributed by atoms with van der Waals surface area (Å²) in [4.78, 5) is 36.6. The Labute approximate surface area is 171 Å². The molecule has 1 aliphatic heterocycles. The van der Waals surface area contributed by atoms with E-state index in [9.17, 15) is 14.4 Å². The first-order chi connectivity index (χ1) is 14.5.